The van der Waals surface area contributed by atoms with Crippen molar-refractivity contribution in [3.63, 3.8) is 0 Å². The van der Waals surface area contributed by atoms with Crippen LogP contribution in [0, 0.1) is 5.92 Å². The summed E-state index contributed by atoms with van der Waals surface area (Å²) < 4.78 is 0. The van der Waals surface area contributed by atoms with Crippen LogP contribution in [0.3, 0.4) is 0 Å². The van der Waals surface area contributed by atoms with Crippen LogP contribution in [0.25, 0.3) is 0 Å². The number of aliphatic hydroxyl groups excluding tert-OH is 1. The highest BCUT2D eigenvalue weighted by atomic mass is 32.2. The third-order valence-corrected chi connectivity index (χ3v) is 4.73. The summed E-state index contributed by atoms with van der Waals surface area (Å²) in [5.41, 5.74) is 0. The quantitative estimate of drug-likeness (QED) is 0.769. The second-order valence-electron chi connectivity index (χ2n) is 5.07. The number of nitrogens with one attached hydrogen (secondary N) is 1. The van der Waals surface area contributed by atoms with E-state index in [1.165, 1.54) is 19.3 Å². The summed E-state index contributed by atoms with van der Waals surface area (Å²) >= 11 is 1.63. The van der Waals surface area contributed by atoms with E-state index in [2.05, 4.69) is 19.2 Å². The van der Waals surface area contributed by atoms with Gasteiger partial charge in [0.15, 0.2) is 0 Å². The fraction of sp³-hybridized carbons (Fsp3) is 0.923. The van der Waals surface area contributed by atoms with E-state index in [4.69, 9.17) is 5.11 Å². The van der Waals surface area contributed by atoms with Crippen LogP contribution in [0.15, 0.2) is 0 Å². The molecular formula is C13H25NO2S. The molecule has 1 amide bonds. The van der Waals surface area contributed by atoms with E-state index >= 15 is 0 Å². The number of amides is 1. The number of thioether (sulfide) groups is 1. The van der Waals surface area contributed by atoms with Crippen LogP contribution in [0.2, 0.25) is 0 Å². The summed E-state index contributed by atoms with van der Waals surface area (Å²) in [7, 11) is 0. The summed E-state index contributed by atoms with van der Waals surface area (Å²) in [6.07, 6.45) is 5.67. The smallest absolute Gasteiger partial charge is 0.230 e. The fourth-order valence-electron chi connectivity index (χ4n) is 2.26. The Morgan fingerprint density at radius 3 is 2.82 bits per heavy atom. The Hall–Kier alpha value is -0.220. The highest BCUT2D eigenvalue weighted by Gasteiger charge is 2.22. The molecule has 0 aromatic rings. The Morgan fingerprint density at radius 2 is 2.18 bits per heavy atom. The molecule has 0 aliphatic heterocycles. The molecule has 1 saturated carbocycles. The lowest BCUT2D eigenvalue weighted by Gasteiger charge is -2.29. The topological polar surface area (TPSA) is 49.3 Å². The number of carbonyl (C=O) groups excluding carboxylic acids is 1. The molecule has 0 aromatic heterocycles. The molecule has 100 valence electrons. The third kappa shape index (κ3) is 5.77. The van der Waals surface area contributed by atoms with Crippen LogP contribution in [0.1, 0.15) is 46.0 Å². The zero-order chi connectivity index (χ0) is 12.7. The second-order valence-corrected chi connectivity index (χ2v) is 6.50. The Bertz CT molecular complexity index is 235. The van der Waals surface area contributed by atoms with Crippen molar-refractivity contribution in [2.75, 3.05) is 12.4 Å². The molecule has 3 atom stereocenters. The van der Waals surface area contributed by atoms with E-state index in [-0.39, 0.29) is 12.5 Å². The van der Waals surface area contributed by atoms with Crippen molar-refractivity contribution >= 4 is 17.7 Å². The molecule has 0 bridgehead atoms. The van der Waals surface area contributed by atoms with Crippen LogP contribution >= 0.6 is 11.8 Å². The molecule has 0 saturated heterocycles. The standard InChI is InChI=1S/C13H25NO2S/c1-10-5-3-4-6-12(10)14-13(16)9-17-11(2)7-8-15/h10-12,15H,3-9H2,1-2H3,(H,14,16). The number of rotatable bonds is 6. The van der Waals surface area contributed by atoms with Crippen molar-refractivity contribution < 1.29 is 9.90 Å². The van der Waals surface area contributed by atoms with E-state index in [1.807, 2.05) is 0 Å². The predicted molar refractivity (Wildman–Crippen MR) is 73.2 cm³/mol. The lowest BCUT2D eigenvalue weighted by molar-refractivity contribution is -0.119. The van der Waals surface area contributed by atoms with Gasteiger partial charge < -0.3 is 10.4 Å². The SMILES string of the molecule is CC(CCO)SCC(=O)NC1CCCCC1C. The van der Waals surface area contributed by atoms with E-state index < -0.39 is 0 Å². The van der Waals surface area contributed by atoms with E-state index in [1.54, 1.807) is 11.8 Å². The van der Waals surface area contributed by atoms with E-state index in [0.29, 0.717) is 23.0 Å². The Labute approximate surface area is 109 Å². The average Bonchev–Trinajstić information content (AvgIpc) is 2.30. The molecule has 0 heterocycles. The lowest BCUT2D eigenvalue weighted by Crippen LogP contribution is -2.42. The normalized spacial score (nSPS) is 26.5. The molecule has 1 aliphatic rings. The first-order chi connectivity index (χ1) is 8.13. The van der Waals surface area contributed by atoms with Crippen molar-refractivity contribution in [1.82, 2.24) is 5.32 Å². The zero-order valence-corrected chi connectivity index (χ0v) is 11.8. The molecule has 3 nitrogen and oxygen atoms in total. The van der Waals surface area contributed by atoms with Crippen molar-refractivity contribution in [3.8, 4) is 0 Å². The summed E-state index contributed by atoms with van der Waals surface area (Å²) in [5, 5.41) is 12.3. The van der Waals surface area contributed by atoms with Gasteiger partial charge in [-0.25, -0.2) is 0 Å². The van der Waals surface area contributed by atoms with Gasteiger partial charge in [0, 0.05) is 17.9 Å². The molecule has 1 fully saturated rings. The van der Waals surface area contributed by atoms with Crippen LogP contribution in [-0.2, 0) is 4.79 Å². The summed E-state index contributed by atoms with van der Waals surface area (Å²) in [6.45, 7) is 4.48. The van der Waals surface area contributed by atoms with Gasteiger partial charge in [-0.1, -0.05) is 26.7 Å². The van der Waals surface area contributed by atoms with Gasteiger partial charge in [-0.3, -0.25) is 4.79 Å². The third-order valence-electron chi connectivity index (χ3n) is 3.49. The first-order valence-corrected chi connectivity index (χ1v) is 7.70. The van der Waals surface area contributed by atoms with Gasteiger partial charge in [0.2, 0.25) is 5.91 Å². The minimum absolute atomic E-state index is 0.151. The Kier molecular flexibility index (Phi) is 6.97. The number of carbonyl (C=O) groups is 1. The molecule has 1 aliphatic carbocycles. The Balaban J connectivity index is 2.19. The van der Waals surface area contributed by atoms with Gasteiger partial charge in [0.25, 0.3) is 0 Å². The van der Waals surface area contributed by atoms with Gasteiger partial charge in [0.05, 0.1) is 5.75 Å². The minimum Gasteiger partial charge on any atom is -0.396 e. The molecule has 4 heteroatoms. The first-order valence-electron chi connectivity index (χ1n) is 6.65. The lowest BCUT2D eigenvalue weighted by atomic mass is 9.86. The van der Waals surface area contributed by atoms with Gasteiger partial charge in [0.1, 0.15) is 0 Å². The highest BCUT2D eigenvalue weighted by Crippen LogP contribution is 2.24. The van der Waals surface area contributed by atoms with E-state index in [0.717, 1.165) is 12.8 Å². The maximum atomic E-state index is 11.8. The molecule has 17 heavy (non-hydrogen) atoms. The van der Waals surface area contributed by atoms with Crippen LogP contribution in [-0.4, -0.2) is 34.7 Å². The van der Waals surface area contributed by atoms with Crippen LogP contribution < -0.4 is 5.32 Å². The number of hydrogen-bond acceptors (Lipinski definition) is 3. The molecular weight excluding hydrogens is 234 g/mol. The molecule has 2 N–H and O–H groups in total. The van der Waals surface area contributed by atoms with Gasteiger partial charge >= 0.3 is 0 Å². The van der Waals surface area contributed by atoms with Crippen molar-refractivity contribution in [2.45, 2.75) is 57.2 Å². The monoisotopic (exact) mass is 259 g/mol. The first kappa shape index (κ1) is 14.8. The summed E-state index contributed by atoms with van der Waals surface area (Å²) in [4.78, 5) is 11.8. The number of aliphatic hydroxyl groups is 1. The molecule has 0 radical (unpaired) electrons. The highest BCUT2D eigenvalue weighted by molar-refractivity contribution is 8.00. The molecule has 1 rings (SSSR count). The largest absolute Gasteiger partial charge is 0.396 e. The maximum absolute atomic E-state index is 11.8. The van der Waals surface area contributed by atoms with Gasteiger partial charge in [-0.15, -0.1) is 11.8 Å². The van der Waals surface area contributed by atoms with Crippen molar-refractivity contribution in [2.24, 2.45) is 5.92 Å². The van der Waals surface area contributed by atoms with Gasteiger partial charge in [-0.05, 0) is 25.2 Å². The Morgan fingerprint density at radius 1 is 1.47 bits per heavy atom. The zero-order valence-electron chi connectivity index (χ0n) is 10.9. The predicted octanol–water partition coefficient (Wildman–Crippen LogP) is 2.19. The average molecular weight is 259 g/mol. The summed E-state index contributed by atoms with van der Waals surface area (Å²) in [5.74, 6) is 1.29. The fourth-order valence-corrected chi connectivity index (χ4v) is 3.05. The molecule has 0 aromatic carbocycles. The van der Waals surface area contributed by atoms with Crippen LogP contribution in [0.4, 0.5) is 0 Å². The number of hydrogen-bond donors (Lipinski definition) is 2. The van der Waals surface area contributed by atoms with E-state index in [9.17, 15) is 4.79 Å². The maximum Gasteiger partial charge on any atom is 0.230 e. The van der Waals surface area contributed by atoms with Crippen LogP contribution in [0.5, 0.6) is 0 Å². The molecule has 3 unspecified atom stereocenters. The van der Waals surface area contributed by atoms with Crippen molar-refractivity contribution in [3.05, 3.63) is 0 Å². The minimum atomic E-state index is 0.151. The second kappa shape index (κ2) is 7.98. The summed E-state index contributed by atoms with van der Waals surface area (Å²) in [6, 6.07) is 0.380. The van der Waals surface area contributed by atoms with Crippen molar-refractivity contribution in [1.29, 1.82) is 0 Å². The van der Waals surface area contributed by atoms with Gasteiger partial charge in [-0.2, -0.15) is 0 Å². The molecule has 0 spiro atoms.